The van der Waals surface area contributed by atoms with Crippen molar-refractivity contribution in [2.45, 2.75) is 38.3 Å². The monoisotopic (exact) mass is 292 g/mol. The number of benzene rings is 1. The summed E-state index contributed by atoms with van der Waals surface area (Å²) in [6.07, 6.45) is 1.80. The van der Waals surface area contributed by atoms with E-state index < -0.39 is 18.8 Å². The van der Waals surface area contributed by atoms with Crippen molar-refractivity contribution in [1.29, 1.82) is 0 Å². The van der Waals surface area contributed by atoms with Crippen molar-refractivity contribution < 1.29 is 14.0 Å². The highest BCUT2D eigenvalue weighted by Crippen LogP contribution is 2.17. The Labute approximate surface area is 124 Å². The van der Waals surface area contributed by atoms with Crippen molar-refractivity contribution in [3.05, 3.63) is 35.9 Å². The molecule has 1 aliphatic rings. The standard InChI is InChI=1S/C16H21FN2O2/c1-2-6-13-16(21)19(10-9-17)14(15(20)18-13)11-12-7-4-3-5-8-12/h3-5,7-8,13-14H,2,6,9-11H2,1H3,(H,18,20). The summed E-state index contributed by atoms with van der Waals surface area (Å²) < 4.78 is 12.8. The van der Waals surface area contributed by atoms with Crippen LogP contribution in [0.3, 0.4) is 0 Å². The molecule has 0 bridgehead atoms. The molecule has 2 atom stereocenters. The summed E-state index contributed by atoms with van der Waals surface area (Å²) >= 11 is 0. The fourth-order valence-corrected chi connectivity index (χ4v) is 2.71. The van der Waals surface area contributed by atoms with Gasteiger partial charge in [0.25, 0.3) is 0 Å². The Kier molecular flexibility index (Phi) is 5.31. The number of rotatable bonds is 6. The van der Waals surface area contributed by atoms with Gasteiger partial charge in [0.2, 0.25) is 11.8 Å². The molecule has 2 rings (SSSR count). The molecular weight excluding hydrogens is 271 g/mol. The molecule has 2 amide bonds. The number of nitrogens with zero attached hydrogens (tertiary/aromatic N) is 1. The molecule has 1 aliphatic heterocycles. The van der Waals surface area contributed by atoms with Gasteiger partial charge in [-0.15, -0.1) is 0 Å². The van der Waals surface area contributed by atoms with Crippen molar-refractivity contribution in [3.8, 4) is 0 Å². The molecule has 5 heteroatoms. The first-order valence-electron chi connectivity index (χ1n) is 7.38. The summed E-state index contributed by atoms with van der Waals surface area (Å²) in [4.78, 5) is 26.1. The third-order valence-corrected chi connectivity index (χ3v) is 3.75. The van der Waals surface area contributed by atoms with E-state index in [1.165, 1.54) is 4.90 Å². The predicted octanol–water partition coefficient (Wildman–Crippen LogP) is 1.69. The van der Waals surface area contributed by atoms with Crippen LogP contribution in [0.5, 0.6) is 0 Å². The summed E-state index contributed by atoms with van der Waals surface area (Å²) in [7, 11) is 0. The Morgan fingerprint density at radius 2 is 1.95 bits per heavy atom. The van der Waals surface area contributed by atoms with Gasteiger partial charge in [-0.3, -0.25) is 9.59 Å². The second-order valence-electron chi connectivity index (χ2n) is 5.28. The Morgan fingerprint density at radius 3 is 2.57 bits per heavy atom. The molecule has 1 heterocycles. The highest BCUT2D eigenvalue weighted by Gasteiger charge is 2.39. The van der Waals surface area contributed by atoms with Gasteiger partial charge < -0.3 is 10.2 Å². The quantitative estimate of drug-likeness (QED) is 0.867. The number of hydrogen-bond donors (Lipinski definition) is 1. The third kappa shape index (κ3) is 3.60. The summed E-state index contributed by atoms with van der Waals surface area (Å²) in [6.45, 7) is 1.29. The van der Waals surface area contributed by atoms with Crippen LogP contribution in [-0.4, -0.2) is 42.0 Å². The van der Waals surface area contributed by atoms with Crippen LogP contribution in [0.1, 0.15) is 25.3 Å². The Hall–Kier alpha value is -1.91. The summed E-state index contributed by atoms with van der Waals surface area (Å²) in [6, 6.07) is 8.35. The zero-order chi connectivity index (χ0) is 15.2. The van der Waals surface area contributed by atoms with E-state index in [9.17, 15) is 14.0 Å². The molecule has 21 heavy (non-hydrogen) atoms. The lowest BCUT2D eigenvalue weighted by Crippen LogP contribution is -2.64. The van der Waals surface area contributed by atoms with Crippen molar-refractivity contribution in [3.63, 3.8) is 0 Å². The smallest absolute Gasteiger partial charge is 0.245 e. The van der Waals surface area contributed by atoms with Crippen molar-refractivity contribution in [2.24, 2.45) is 0 Å². The molecule has 0 saturated carbocycles. The average Bonchev–Trinajstić information content (AvgIpc) is 2.49. The number of alkyl halides is 1. The average molecular weight is 292 g/mol. The predicted molar refractivity (Wildman–Crippen MR) is 78.5 cm³/mol. The fraction of sp³-hybridized carbons (Fsp3) is 0.500. The minimum absolute atomic E-state index is 0.0238. The molecule has 0 spiro atoms. The first-order chi connectivity index (χ1) is 10.2. The number of nitrogens with one attached hydrogen (secondary N) is 1. The van der Waals surface area contributed by atoms with Crippen LogP contribution in [0.2, 0.25) is 0 Å². The van der Waals surface area contributed by atoms with Gasteiger partial charge in [-0.2, -0.15) is 0 Å². The number of amides is 2. The van der Waals surface area contributed by atoms with Crippen LogP contribution in [0, 0.1) is 0 Å². The van der Waals surface area contributed by atoms with E-state index in [0.29, 0.717) is 12.8 Å². The van der Waals surface area contributed by atoms with Crippen LogP contribution < -0.4 is 5.32 Å². The Balaban J connectivity index is 2.17. The number of carbonyl (C=O) groups is 2. The Morgan fingerprint density at radius 1 is 1.24 bits per heavy atom. The first kappa shape index (κ1) is 15.5. The molecular formula is C16H21FN2O2. The van der Waals surface area contributed by atoms with Gasteiger partial charge >= 0.3 is 0 Å². The van der Waals surface area contributed by atoms with Gasteiger partial charge in [-0.25, -0.2) is 4.39 Å². The van der Waals surface area contributed by atoms with Gasteiger partial charge in [0.05, 0.1) is 0 Å². The normalized spacial score (nSPS) is 22.3. The number of hydrogen-bond acceptors (Lipinski definition) is 2. The lowest BCUT2D eigenvalue weighted by atomic mass is 9.98. The fourth-order valence-electron chi connectivity index (χ4n) is 2.71. The molecule has 1 N–H and O–H groups in total. The maximum atomic E-state index is 12.8. The van der Waals surface area contributed by atoms with E-state index in [0.717, 1.165) is 12.0 Å². The van der Waals surface area contributed by atoms with Gasteiger partial charge in [-0.1, -0.05) is 43.7 Å². The van der Waals surface area contributed by atoms with Crippen LogP contribution in [0.4, 0.5) is 4.39 Å². The molecule has 1 saturated heterocycles. The number of halogens is 1. The first-order valence-corrected chi connectivity index (χ1v) is 7.38. The van der Waals surface area contributed by atoms with E-state index in [1.807, 2.05) is 37.3 Å². The molecule has 1 aromatic carbocycles. The van der Waals surface area contributed by atoms with Crippen LogP contribution >= 0.6 is 0 Å². The minimum Gasteiger partial charge on any atom is -0.342 e. The second kappa shape index (κ2) is 7.20. The molecule has 0 radical (unpaired) electrons. The highest BCUT2D eigenvalue weighted by molar-refractivity contribution is 5.97. The van der Waals surface area contributed by atoms with E-state index >= 15 is 0 Å². The van der Waals surface area contributed by atoms with Gasteiger partial charge in [-0.05, 0) is 12.0 Å². The topological polar surface area (TPSA) is 49.4 Å². The van der Waals surface area contributed by atoms with Crippen molar-refractivity contribution >= 4 is 11.8 Å². The van der Waals surface area contributed by atoms with Crippen LogP contribution in [0.15, 0.2) is 30.3 Å². The molecule has 1 fully saturated rings. The van der Waals surface area contributed by atoms with Gasteiger partial charge in [0.15, 0.2) is 0 Å². The van der Waals surface area contributed by atoms with Crippen LogP contribution in [-0.2, 0) is 16.0 Å². The van der Waals surface area contributed by atoms with E-state index in [-0.39, 0.29) is 18.4 Å². The molecule has 1 aromatic rings. The van der Waals surface area contributed by atoms with E-state index in [1.54, 1.807) is 0 Å². The van der Waals surface area contributed by atoms with Gasteiger partial charge in [0, 0.05) is 13.0 Å². The number of carbonyl (C=O) groups excluding carboxylic acids is 2. The number of piperazine rings is 1. The summed E-state index contributed by atoms with van der Waals surface area (Å²) in [5.41, 5.74) is 0.961. The summed E-state index contributed by atoms with van der Waals surface area (Å²) in [5.74, 6) is -0.361. The van der Waals surface area contributed by atoms with Gasteiger partial charge in [0.1, 0.15) is 18.8 Å². The lowest BCUT2D eigenvalue weighted by Gasteiger charge is -2.38. The molecule has 0 aliphatic carbocycles. The van der Waals surface area contributed by atoms with E-state index in [2.05, 4.69) is 5.32 Å². The Bertz CT molecular complexity index is 492. The molecule has 114 valence electrons. The van der Waals surface area contributed by atoms with Crippen molar-refractivity contribution in [1.82, 2.24) is 10.2 Å². The maximum Gasteiger partial charge on any atom is 0.245 e. The molecule has 4 nitrogen and oxygen atoms in total. The van der Waals surface area contributed by atoms with Crippen LogP contribution in [0.25, 0.3) is 0 Å². The zero-order valence-electron chi connectivity index (χ0n) is 12.2. The highest BCUT2D eigenvalue weighted by atomic mass is 19.1. The lowest BCUT2D eigenvalue weighted by molar-refractivity contribution is -0.149. The second-order valence-corrected chi connectivity index (χ2v) is 5.28. The molecule has 0 aromatic heterocycles. The zero-order valence-corrected chi connectivity index (χ0v) is 12.2. The molecule has 2 unspecified atom stereocenters. The SMILES string of the molecule is CCCC1NC(=O)C(Cc2ccccc2)N(CCF)C1=O. The maximum absolute atomic E-state index is 12.8. The third-order valence-electron chi connectivity index (χ3n) is 3.75. The minimum atomic E-state index is -0.636. The largest absolute Gasteiger partial charge is 0.342 e. The summed E-state index contributed by atoms with van der Waals surface area (Å²) in [5, 5.41) is 2.77. The van der Waals surface area contributed by atoms with Crippen molar-refractivity contribution in [2.75, 3.05) is 13.2 Å². The van der Waals surface area contributed by atoms with E-state index in [4.69, 9.17) is 0 Å².